The minimum Gasteiger partial charge on any atom is -0.497 e. The zero-order valence-corrected chi connectivity index (χ0v) is 21.3. The molecule has 1 atom stereocenters. The number of hydrogen-bond acceptors (Lipinski definition) is 4. The topological polar surface area (TPSA) is 75.7 Å². The standard InChI is InChI=1S/C26H29ClN2O4S/c1-5-24(20-11-13-21(33-4)14-12-20)28-26(30)17-29(25-8-6-7-23(27)19(25)3)34(31,32)22-15-9-18(2)10-16-22/h6-16,24H,5,17H2,1-4H3,(H,28,30)/t24-/m1/s1. The fourth-order valence-electron chi connectivity index (χ4n) is 3.63. The number of aryl methyl sites for hydroxylation is 1. The number of benzene rings is 3. The lowest BCUT2D eigenvalue weighted by Crippen LogP contribution is -2.42. The van der Waals surface area contributed by atoms with Crippen molar-refractivity contribution in [1.29, 1.82) is 0 Å². The van der Waals surface area contributed by atoms with Gasteiger partial charge < -0.3 is 10.1 Å². The van der Waals surface area contributed by atoms with E-state index in [-0.39, 0.29) is 17.5 Å². The van der Waals surface area contributed by atoms with Crippen LogP contribution in [0.4, 0.5) is 5.69 Å². The Labute approximate surface area is 206 Å². The number of anilines is 1. The van der Waals surface area contributed by atoms with Gasteiger partial charge in [-0.2, -0.15) is 0 Å². The quantitative estimate of drug-likeness (QED) is 0.425. The Morgan fingerprint density at radius 3 is 2.26 bits per heavy atom. The van der Waals surface area contributed by atoms with E-state index in [1.165, 1.54) is 0 Å². The smallest absolute Gasteiger partial charge is 0.264 e. The Bertz CT molecular complexity index is 1240. The number of nitrogens with one attached hydrogen (secondary N) is 1. The fourth-order valence-corrected chi connectivity index (χ4v) is 5.28. The van der Waals surface area contributed by atoms with Gasteiger partial charge in [-0.15, -0.1) is 0 Å². The highest BCUT2D eigenvalue weighted by molar-refractivity contribution is 7.92. The number of carbonyl (C=O) groups is 1. The van der Waals surface area contributed by atoms with Gasteiger partial charge in [0, 0.05) is 5.02 Å². The first-order valence-corrected chi connectivity index (χ1v) is 12.8. The summed E-state index contributed by atoms with van der Waals surface area (Å²) >= 11 is 6.29. The van der Waals surface area contributed by atoms with E-state index >= 15 is 0 Å². The molecule has 0 unspecified atom stereocenters. The maximum Gasteiger partial charge on any atom is 0.264 e. The molecular weight excluding hydrogens is 472 g/mol. The molecule has 3 aromatic carbocycles. The molecule has 0 aliphatic heterocycles. The summed E-state index contributed by atoms with van der Waals surface area (Å²) in [7, 11) is -2.43. The van der Waals surface area contributed by atoms with Crippen molar-refractivity contribution in [2.75, 3.05) is 18.0 Å². The molecule has 0 saturated heterocycles. The van der Waals surface area contributed by atoms with Crippen molar-refractivity contribution < 1.29 is 17.9 Å². The van der Waals surface area contributed by atoms with Gasteiger partial charge in [0.05, 0.1) is 23.7 Å². The van der Waals surface area contributed by atoms with Gasteiger partial charge in [-0.3, -0.25) is 9.10 Å². The Morgan fingerprint density at radius 2 is 1.68 bits per heavy atom. The zero-order chi connectivity index (χ0) is 24.9. The van der Waals surface area contributed by atoms with Gasteiger partial charge in [0.1, 0.15) is 12.3 Å². The van der Waals surface area contributed by atoms with Crippen LogP contribution >= 0.6 is 11.6 Å². The van der Waals surface area contributed by atoms with Crippen LogP contribution < -0.4 is 14.4 Å². The number of methoxy groups -OCH3 is 1. The van der Waals surface area contributed by atoms with Crippen LogP contribution in [0.2, 0.25) is 5.02 Å². The monoisotopic (exact) mass is 500 g/mol. The second-order valence-corrected chi connectivity index (χ2v) is 10.3. The first kappa shape index (κ1) is 25.6. The Hall–Kier alpha value is -3.03. The van der Waals surface area contributed by atoms with Gasteiger partial charge >= 0.3 is 0 Å². The van der Waals surface area contributed by atoms with Crippen molar-refractivity contribution in [3.8, 4) is 5.75 Å². The van der Waals surface area contributed by atoms with E-state index in [2.05, 4.69) is 5.32 Å². The molecule has 8 heteroatoms. The summed E-state index contributed by atoms with van der Waals surface area (Å²) in [6.07, 6.45) is 0.638. The first-order chi connectivity index (χ1) is 16.2. The highest BCUT2D eigenvalue weighted by atomic mass is 35.5. The first-order valence-electron chi connectivity index (χ1n) is 10.9. The van der Waals surface area contributed by atoms with Crippen LogP contribution in [0.1, 0.15) is 36.1 Å². The van der Waals surface area contributed by atoms with Crippen LogP contribution in [0.3, 0.4) is 0 Å². The summed E-state index contributed by atoms with van der Waals surface area (Å²) < 4.78 is 33.6. The maximum absolute atomic E-state index is 13.6. The molecule has 1 N–H and O–H groups in total. The minimum atomic E-state index is -4.02. The highest BCUT2D eigenvalue weighted by Crippen LogP contribution is 2.31. The molecule has 180 valence electrons. The highest BCUT2D eigenvalue weighted by Gasteiger charge is 2.29. The van der Waals surface area contributed by atoms with Crippen LogP contribution in [-0.4, -0.2) is 28.0 Å². The normalized spacial score (nSPS) is 12.1. The number of carbonyl (C=O) groups excluding carboxylic acids is 1. The van der Waals surface area contributed by atoms with Gasteiger partial charge in [-0.1, -0.05) is 54.4 Å². The maximum atomic E-state index is 13.6. The Morgan fingerprint density at radius 1 is 1.03 bits per heavy atom. The molecule has 0 bridgehead atoms. The summed E-state index contributed by atoms with van der Waals surface area (Å²) in [6.45, 7) is 5.19. The van der Waals surface area contributed by atoms with Crippen molar-refractivity contribution >= 4 is 33.2 Å². The van der Waals surface area contributed by atoms with E-state index in [9.17, 15) is 13.2 Å². The van der Waals surface area contributed by atoms with E-state index in [1.54, 1.807) is 56.5 Å². The third-order valence-corrected chi connectivity index (χ3v) is 7.85. The molecule has 0 aliphatic rings. The van der Waals surface area contributed by atoms with Crippen molar-refractivity contribution in [2.24, 2.45) is 0 Å². The van der Waals surface area contributed by atoms with Crippen LogP contribution in [0, 0.1) is 13.8 Å². The molecule has 34 heavy (non-hydrogen) atoms. The molecule has 0 spiro atoms. The third kappa shape index (κ3) is 5.72. The van der Waals surface area contributed by atoms with Crippen molar-refractivity contribution in [3.63, 3.8) is 0 Å². The Kier molecular flexibility index (Phi) is 8.23. The molecule has 3 aromatic rings. The third-order valence-electron chi connectivity index (χ3n) is 5.67. The van der Waals surface area contributed by atoms with E-state index in [0.717, 1.165) is 21.2 Å². The van der Waals surface area contributed by atoms with Gasteiger partial charge in [0.25, 0.3) is 10.0 Å². The lowest BCUT2D eigenvalue weighted by atomic mass is 10.0. The average Bonchev–Trinajstić information content (AvgIpc) is 2.83. The summed E-state index contributed by atoms with van der Waals surface area (Å²) in [5.41, 5.74) is 2.78. The largest absolute Gasteiger partial charge is 0.497 e. The molecule has 6 nitrogen and oxygen atoms in total. The van der Waals surface area contributed by atoms with Gasteiger partial charge in [-0.05, 0) is 67.8 Å². The molecule has 0 fully saturated rings. The SMILES string of the molecule is CC[C@@H](NC(=O)CN(c1cccc(Cl)c1C)S(=O)(=O)c1ccc(C)cc1)c1ccc(OC)cc1. The predicted octanol–water partition coefficient (Wildman–Crippen LogP) is 5.43. The van der Waals surface area contributed by atoms with Crippen molar-refractivity contribution in [3.05, 3.63) is 88.4 Å². The van der Waals surface area contributed by atoms with E-state index in [4.69, 9.17) is 16.3 Å². The van der Waals surface area contributed by atoms with Gasteiger partial charge in [0.2, 0.25) is 5.91 Å². The van der Waals surface area contributed by atoms with Gasteiger partial charge in [-0.25, -0.2) is 8.42 Å². The van der Waals surface area contributed by atoms with E-state index in [0.29, 0.717) is 22.7 Å². The fraction of sp³-hybridized carbons (Fsp3) is 0.269. The van der Waals surface area contributed by atoms with E-state index in [1.807, 2.05) is 38.1 Å². The summed E-state index contributed by atoms with van der Waals surface area (Å²) in [5, 5.41) is 3.39. The van der Waals surface area contributed by atoms with Crippen LogP contribution in [0.25, 0.3) is 0 Å². The average molecular weight is 501 g/mol. The number of hydrogen-bond donors (Lipinski definition) is 1. The Balaban J connectivity index is 1.94. The second kappa shape index (κ2) is 10.9. The molecular formula is C26H29ClN2O4S. The molecule has 0 aliphatic carbocycles. The molecule has 1 amide bonds. The van der Waals surface area contributed by atoms with Crippen LogP contribution in [-0.2, 0) is 14.8 Å². The van der Waals surface area contributed by atoms with Crippen LogP contribution in [0.15, 0.2) is 71.6 Å². The molecule has 0 radical (unpaired) electrons. The van der Waals surface area contributed by atoms with Gasteiger partial charge in [0.15, 0.2) is 0 Å². The molecule has 3 rings (SSSR count). The lowest BCUT2D eigenvalue weighted by molar-refractivity contribution is -0.120. The number of nitrogens with zero attached hydrogens (tertiary/aromatic N) is 1. The lowest BCUT2D eigenvalue weighted by Gasteiger charge is -2.27. The zero-order valence-electron chi connectivity index (χ0n) is 19.7. The number of rotatable bonds is 9. The predicted molar refractivity (Wildman–Crippen MR) is 136 cm³/mol. The molecule has 0 aromatic heterocycles. The second-order valence-electron chi connectivity index (χ2n) is 8.01. The molecule has 0 heterocycles. The number of amides is 1. The summed E-state index contributed by atoms with van der Waals surface area (Å²) in [4.78, 5) is 13.3. The summed E-state index contributed by atoms with van der Waals surface area (Å²) in [5.74, 6) is 0.300. The van der Waals surface area contributed by atoms with E-state index < -0.39 is 15.9 Å². The minimum absolute atomic E-state index is 0.104. The summed E-state index contributed by atoms with van der Waals surface area (Å²) in [6, 6.07) is 18.7. The number of ether oxygens (including phenoxy) is 1. The van der Waals surface area contributed by atoms with Crippen molar-refractivity contribution in [1.82, 2.24) is 5.32 Å². The number of halogens is 1. The molecule has 0 saturated carbocycles. The van der Waals surface area contributed by atoms with Crippen molar-refractivity contribution in [2.45, 2.75) is 38.1 Å². The number of sulfonamides is 1. The van der Waals surface area contributed by atoms with Crippen LogP contribution in [0.5, 0.6) is 5.75 Å².